The van der Waals surface area contributed by atoms with E-state index in [0.29, 0.717) is 38.5 Å². The van der Waals surface area contributed by atoms with E-state index in [1.54, 1.807) is 0 Å². The van der Waals surface area contributed by atoms with E-state index in [1.165, 1.54) is 57.8 Å². The van der Waals surface area contributed by atoms with Gasteiger partial charge in [0.25, 0.3) is 0 Å². The van der Waals surface area contributed by atoms with Gasteiger partial charge in [-0.3, -0.25) is 9.59 Å². The quantitative estimate of drug-likeness (QED) is 0.190. The molecule has 0 bridgehead atoms. The number of rotatable bonds is 17. The van der Waals surface area contributed by atoms with E-state index in [2.05, 4.69) is 33.0 Å². The van der Waals surface area contributed by atoms with Crippen LogP contribution in [0, 0.1) is 5.41 Å². The van der Waals surface area contributed by atoms with Crippen molar-refractivity contribution in [3.05, 3.63) is 0 Å². The van der Waals surface area contributed by atoms with Crippen LogP contribution >= 0.6 is 0 Å². The van der Waals surface area contributed by atoms with E-state index in [9.17, 15) is 9.59 Å². The number of ketones is 1. The predicted octanol–water partition coefficient (Wildman–Crippen LogP) is 7.26. The van der Waals surface area contributed by atoms with Crippen molar-refractivity contribution in [1.82, 2.24) is 5.32 Å². The molecule has 3 N–H and O–H groups in total. The average molecular weight is 539 g/mol. The van der Waals surface area contributed by atoms with Crippen LogP contribution < -0.4 is 11.1 Å². The fourth-order valence-corrected chi connectivity index (χ4v) is 5.07. The summed E-state index contributed by atoms with van der Waals surface area (Å²) in [6.07, 6.45) is 17.1. The fourth-order valence-electron chi connectivity index (χ4n) is 5.07. The highest BCUT2D eigenvalue weighted by Crippen LogP contribution is 2.27. The van der Waals surface area contributed by atoms with Gasteiger partial charge in [-0.2, -0.15) is 0 Å². The molecule has 1 aliphatic carbocycles. The third-order valence-corrected chi connectivity index (χ3v) is 8.34. The highest BCUT2D eigenvalue weighted by molar-refractivity contribution is 5.88. The Hall–Kier alpha value is -0.980. The van der Waals surface area contributed by atoms with E-state index in [0.717, 1.165) is 25.7 Å². The van der Waals surface area contributed by atoms with Crippen LogP contribution in [0.2, 0.25) is 0 Å². The lowest BCUT2D eigenvalue weighted by atomic mass is 9.81. The molecule has 1 amide bonds. The topological polar surface area (TPSA) is 90.7 Å². The molecule has 1 unspecified atom stereocenters. The van der Waals surface area contributed by atoms with Gasteiger partial charge in [-0.05, 0) is 79.1 Å². The zero-order valence-corrected chi connectivity index (χ0v) is 26.1. The minimum atomic E-state index is -0.417. The highest BCUT2D eigenvalue weighted by atomic mass is 16.5. The molecule has 1 atom stereocenters. The van der Waals surface area contributed by atoms with Crippen LogP contribution in [0.15, 0.2) is 0 Å². The largest absolute Gasteiger partial charge is 0.375 e. The molecule has 0 radical (unpaired) electrons. The van der Waals surface area contributed by atoms with Crippen molar-refractivity contribution in [2.24, 2.45) is 11.1 Å². The van der Waals surface area contributed by atoms with Crippen LogP contribution in [0.1, 0.15) is 151 Å². The Kier molecular flexibility index (Phi) is 16.3. The molecule has 0 aliphatic heterocycles. The Morgan fingerprint density at radius 3 is 2.03 bits per heavy atom. The first-order valence-corrected chi connectivity index (χ1v) is 15.7. The normalized spacial score (nSPS) is 17.7. The van der Waals surface area contributed by atoms with Crippen LogP contribution in [0.25, 0.3) is 0 Å². The number of carbonyl (C=O) groups is 2. The minimum Gasteiger partial charge on any atom is -0.375 e. The number of carbonyl (C=O) groups excluding carboxylic acids is 2. The second-order valence-corrected chi connectivity index (χ2v) is 13.5. The highest BCUT2D eigenvalue weighted by Gasteiger charge is 2.30. The summed E-state index contributed by atoms with van der Waals surface area (Å²) in [6, 6.07) is -0.417. The Bertz CT molecular complexity index is 664. The second kappa shape index (κ2) is 17.7. The molecule has 6 nitrogen and oxygen atoms in total. The fraction of sp³-hybridized carbons (Fsp3) is 0.938. The van der Waals surface area contributed by atoms with Crippen LogP contribution in [0.3, 0.4) is 0 Å². The number of unbranched alkanes of at least 4 members (excludes halogenated alkanes) is 1. The van der Waals surface area contributed by atoms with Gasteiger partial charge < -0.3 is 20.5 Å². The van der Waals surface area contributed by atoms with Crippen molar-refractivity contribution < 1.29 is 19.1 Å². The van der Waals surface area contributed by atoms with Gasteiger partial charge in [-0.1, -0.05) is 65.7 Å². The molecule has 0 heterocycles. The Labute approximate surface area is 234 Å². The van der Waals surface area contributed by atoms with Crippen molar-refractivity contribution in [2.75, 3.05) is 13.2 Å². The van der Waals surface area contributed by atoms with E-state index in [4.69, 9.17) is 15.2 Å². The molecule has 1 aliphatic rings. The number of amides is 1. The van der Waals surface area contributed by atoms with Gasteiger partial charge in [0.2, 0.25) is 5.91 Å². The zero-order valence-electron chi connectivity index (χ0n) is 26.1. The second-order valence-electron chi connectivity index (χ2n) is 13.5. The maximum atomic E-state index is 12.4. The lowest BCUT2D eigenvalue weighted by molar-refractivity contribution is -0.128. The van der Waals surface area contributed by atoms with Crippen molar-refractivity contribution in [2.45, 2.75) is 175 Å². The first-order valence-electron chi connectivity index (χ1n) is 15.7. The van der Waals surface area contributed by atoms with Crippen molar-refractivity contribution >= 4 is 11.7 Å². The molecule has 1 rings (SSSR count). The molecule has 0 aromatic carbocycles. The Morgan fingerprint density at radius 2 is 1.45 bits per heavy atom. The molecule has 224 valence electrons. The standard InChI is InChI=1S/C32H62N2O4/c1-8-30(2,3)29(36)27(33)20-16-17-24-34-28(35)21-22-31(4,5)37-25-23-32(6,7)38-26-18-14-12-10-9-11-13-15-19-26/h26-27H,8-25,33H2,1-7H3,(H,34,35). The van der Waals surface area contributed by atoms with Crippen molar-refractivity contribution in [1.29, 1.82) is 0 Å². The van der Waals surface area contributed by atoms with Crippen LogP contribution in [0.4, 0.5) is 0 Å². The summed E-state index contributed by atoms with van der Waals surface area (Å²) in [7, 11) is 0. The molecule has 6 heteroatoms. The number of ether oxygens (including phenoxy) is 2. The molecular formula is C32H62N2O4. The number of hydrogen-bond donors (Lipinski definition) is 2. The van der Waals surface area contributed by atoms with Gasteiger partial charge in [0.1, 0.15) is 0 Å². The van der Waals surface area contributed by atoms with E-state index >= 15 is 0 Å². The molecule has 0 saturated heterocycles. The van der Waals surface area contributed by atoms with Crippen molar-refractivity contribution in [3.63, 3.8) is 0 Å². The van der Waals surface area contributed by atoms with Gasteiger partial charge >= 0.3 is 0 Å². The van der Waals surface area contributed by atoms with Gasteiger partial charge in [0, 0.05) is 18.4 Å². The molecule has 0 aromatic heterocycles. The molecule has 1 fully saturated rings. The molecule has 1 saturated carbocycles. The summed E-state index contributed by atoms with van der Waals surface area (Å²) in [5.74, 6) is 0.181. The van der Waals surface area contributed by atoms with Crippen LogP contribution in [-0.2, 0) is 19.1 Å². The van der Waals surface area contributed by atoms with E-state index in [-0.39, 0.29) is 28.3 Å². The molecule has 38 heavy (non-hydrogen) atoms. The summed E-state index contributed by atoms with van der Waals surface area (Å²) in [4.78, 5) is 24.8. The minimum absolute atomic E-state index is 0.0498. The molecular weight excluding hydrogens is 476 g/mol. The predicted molar refractivity (Wildman–Crippen MR) is 158 cm³/mol. The third kappa shape index (κ3) is 15.6. The van der Waals surface area contributed by atoms with Gasteiger partial charge in [-0.25, -0.2) is 0 Å². The first-order chi connectivity index (χ1) is 17.8. The Balaban J connectivity index is 2.24. The number of nitrogens with one attached hydrogen (secondary N) is 1. The molecule has 0 spiro atoms. The lowest BCUT2D eigenvalue weighted by Crippen LogP contribution is -2.40. The van der Waals surface area contributed by atoms with E-state index in [1.807, 2.05) is 20.8 Å². The summed E-state index contributed by atoms with van der Waals surface area (Å²) in [5.41, 5.74) is 5.17. The van der Waals surface area contributed by atoms with Crippen LogP contribution in [-0.4, -0.2) is 48.2 Å². The number of Topliss-reactive ketones (excluding diaryl/α,β-unsaturated/α-hetero) is 1. The van der Waals surface area contributed by atoms with Crippen LogP contribution in [0.5, 0.6) is 0 Å². The maximum Gasteiger partial charge on any atom is 0.220 e. The first kappa shape index (κ1) is 35.0. The number of hydrogen-bond acceptors (Lipinski definition) is 5. The maximum absolute atomic E-state index is 12.4. The van der Waals surface area contributed by atoms with Gasteiger partial charge in [-0.15, -0.1) is 0 Å². The average Bonchev–Trinajstić information content (AvgIpc) is 2.85. The Morgan fingerprint density at radius 1 is 0.868 bits per heavy atom. The van der Waals surface area contributed by atoms with E-state index < -0.39 is 6.04 Å². The molecule has 0 aromatic rings. The van der Waals surface area contributed by atoms with Gasteiger partial charge in [0.15, 0.2) is 5.78 Å². The van der Waals surface area contributed by atoms with Gasteiger partial charge in [0.05, 0.1) is 30.0 Å². The smallest absolute Gasteiger partial charge is 0.220 e. The summed E-state index contributed by atoms with van der Waals surface area (Å²) >= 11 is 0. The zero-order chi connectivity index (χ0) is 28.7. The van der Waals surface area contributed by atoms with Crippen molar-refractivity contribution in [3.8, 4) is 0 Å². The summed E-state index contributed by atoms with van der Waals surface area (Å²) < 4.78 is 12.8. The number of nitrogens with two attached hydrogens (primary N) is 1. The summed E-state index contributed by atoms with van der Waals surface area (Å²) in [6.45, 7) is 15.7. The summed E-state index contributed by atoms with van der Waals surface area (Å²) in [5, 5.41) is 3.00. The third-order valence-electron chi connectivity index (χ3n) is 8.34. The monoisotopic (exact) mass is 538 g/mol. The SMILES string of the molecule is CCC(C)(C)C(=O)C(N)CCCCNC(=O)CCC(C)(C)OCCC(C)(C)OC1CCCCCCCCC1. The lowest BCUT2D eigenvalue weighted by Gasteiger charge is -2.33.